The molecule has 0 fully saturated rings. The van der Waals surface area contributed by atoms with Gasteiger partial charge in [0.1, 0.15) is 0 Å². The zero-order valence-electron chi connectivity index (χ0n) is 9.69. The van der Waals surface area contributed by atoms with Crippen LogP contribution < -0.4 is 5.01 Å². The van der Waals surface area contributed by atoms with Crippen LogP contribution in [0.4, 0.5) is 19.0 Å². The van der Waals surface area contributed by atoms with Gasteiger partial charge in [-0.1, -0.05) is 0 Å². The summed E-state index contributed by atoms with van der Waals surface area (Å²) in [6, 6.07) is 3.19. The number of aromatic nitrogens is 1. The maximum atomic E-state index is 12.6. The molecule has 0 saturated carbocycles. The SMILES string of the molecule is Cc1ccnc(N2N=C(C(F)(F)F)C(C)C2=O)c1. The van der Waals surface area contributed by atoms with E-state index in [0.29, 0.717) is 5.01 Å². The molecule has 0 radical (unpaired) electrons. The highest BCUT2D eigenvalue weighted by molar-refractivity contribution is 6.16. The number of rotatable bonds is 1. The van der Waals surface area contributed by atoms with E-state index in [1.165, 1.54) is 19.2 Å². The van der Waals surface area contributed by atoms with Crippen molar-refractivity contribution in [1.82, 2.24) is 4.98 Å². The molecule has 18 heavy (non-hydrogen) atoms. The van der Waals surface area contributed by atoms with E-state index in [1.807, 2.05) is 0 Å². The van der Waals surface area contributed by atoms with Crippen molar-refractivity contribution in [3.8, 4) is 0 Å². The number of aryl methyl sites for hydroxylation is 1. The summed E-state index contributed by atoms with van der Waals surface area (Å²) >= 11 is 0. The van der Waals surface area contributed by atoms with Crippen molar-refractivity contribution in [2.75, 3.05) is 5.01 Å². The number of anilines is 1. The quantitative estimate of drug-likeness (QED) is 0.774. The van der Waals surface area contributed by atoms with Crippen LogP contribution in [0.15, 0.2) is 23.4 Å². The molecule has 7 heteroatoms. The molecule has 1 atom stereocenters. The summed E-state index contributed by atoms with van der Waals surface area (Å²) in [5, 5.41) is 4.05. The fourth-order valence-electron chi connectivity index (χ4n) is 1.65. The zero-order chi connectivity index (χ0) is 13.5. The fraction of sp³-hybridized carbons (Fsp3) is 0.364. The molecule has 0 aromatic carbocycles. The molecule has 0 bridgehead atoms. The average molecular weight is 257 g/mol. The summed E-state index contributed by atoms with van der Waals surface area (Å²) in [4.78, 5) is 15.6. The topological polar surface area (TPSA) is 45.6 Å². The van der Waals surface area contributed by atoms with E-state index in [0.717, 1.165) is 5.56 Å². The van der Waals surface area contributed by atoms with Crippen LogP contribution in [0.1, 0.15) is 12.5 Å². The van der Waals surface area contributed by atoms with Crippen LogP contribution in [0.5, 0.6) is 0 Å². The van der Waals surface area contributed by atoms with Gasteiger partial charge >= 0.3 is 6.18 Å². The summed E-state index contributed by atoms with van der Waals surface area (Å²) in [6.07, 6.45) is -3.18. The Labute approximate surface area is 101 Å². The van der Waals surface area contributed by atoms with Gasteiger partial charge in [0.05, 0.1) is 5.92 Å². The Morgan fingerprint density at radius 3 is 2.56 bits per heavy atom. The summed E-state index contributed by atoms with van der Waals surface area (Å²) < 4.78 is 37.9. The fourth-order valence-corrected chi connectivity index (χ4v) is 1.65. The number of carbonyl (C=O) groups is 1. The van der Waals surface area contributed by atoms with Crippen molar-refractivity contribution in [1.29, 1.82) is 0 Å². The Bertz CT molecular complexity index is 525. The minimum absolute atomic E-state index is 0.103. The van der Waals surface area contributed by atoms with E-state index in [9.17, 15) is 18.0 Å². The van der Waals surface area contributed by atoms with Gasteiger partial charge in [0, 0.05) is 6.20 Å². The second kappa shape index (κ2) is 4.08. The molecule has 1 aliphatic rings. The molecule has 1 aliphatic heterocycles. The smallest absolute Gasteiger partial charge is 0.272 e. The number of alkyl halides is 3. The number of hydrazone groups is 1. The molecule has 2 rings (SSSR count). The number of nitrogens with zero attached hydrogens (tertiary/aromatic N) is 3. The Morgan fingerprint density at radius 1 is 1.39 bits per heavy atom. The van der Waals surface area contributed by atoms with Crippen LogP contribution in [-0.2, 0) is 4.79 Å². The molecule has 0 N–H and O–H groups in total. The predicted octanol–water partition coefficient (Wildman–Crippen LogP) is 2.29. The molecule has 2 heterocycles. The van der Waals surface area contributed by atoms with Gasteiger partial charge in [-0.3, -0.25) is 4.79 Å². The number of hydrogen-bond acceptors (Lipinski definition) is 3. The second-order valence-electron chi connectivity index (χ2n) is 4.05. The Kier molecular flexibility index (Phi) is 2.84. The van der Waals surface area contributed by atoms with Gasteiger partial charge in [-0.05, 0) is 31.5 Å². The molecule has 1 aromatic heterocycles. The summed E-state index contributed by atoms with van der Waals surface area (Å²) in [7, 11) is 0. The molecule has 1 aromatic rings. The lowest BCUT2D eigenvalue weighted by Gasteiger charge is -2.11. The van der Waals surface area contributed by atoms with E-state index >= 15 is 0 Å². The molecule has 0 aliphatic carbocycles. The third-order valence-electron chi connectivity index (χ3n) is 2.61. The van der Waals surface area contributed by atoms with Gasteiger partial charge in [0.2, 0.25) is 0 Å². The highest BCUT2D eigenvalue weighted by Crippen LogP contribution is 2.30. The minimum atomic E-state index is -4.60. The normalized spacial score (nSPS) is 20.3. The van der Waals surface area contributed by atoms with Crippen LogP contribution in [0.3, 0.4) is 0 Å². The Balaban J connectivity index is 2.41. The van der Waals surface area contributed by atoms with Gasteiger partial charge in [-0.25, -0.2) is 4.98 Å². The van der Waals surface area contributed by atoms with Crippen molar-refractivity contribution >= 4 is 17.4 Å². The highest BCUT2D eigenvalue weighted by atomic mass is 19.4. The van der Waals surface area contributed by atoms with E-state index < -0.39 is 23.7 Å². The minimum Gasteiger partial charge on any atom is -0.272 e. The maximum absolute atomic E-state index is 12.6. The van der Waals surface area contributed by atoms with E-state index in [-0.39, 0.29) is 5.82 Å². The van der Waals surface area contributed by atoms with Gasteiger partial charge < -0.3 is 0 Å². The van der Waals surface area contributed by atoms with E-state index in [1.54, 1.807) is 13.0 Å². The lowest BCUT2D eigenvalue weighted by molar-refractivity contribution is -0.120. The number of amides is 1. The van der Waals surface area contributed by atoms with Crippen LogP contribution in [-0.4, -0.2) is 22.8 Å². The molecule has 4 nitrogen and oxygen atoms in total. The Morgan fingerprint density at radius 2 is 2.06 bits per heavy atom. The second-order valence-corrected chi connectivity index (χ2v) is 4.05. The van der Waals surface area contributed by atoms with Crippen LogP contribution >= 0.6 is 0 Å². The standard InChI is InChI=1S/C11H10F3N3O/c1-6-3-4-15-8(5-6)17-10(18)7(2)9(16-17)11(12,13)14/h3-5,7H,1-2H3. The molecular weight excluding hydrogens is 247 g/mol. The van der Waals surface area contributed by atoms with Gasteiger partial charge in [-0.2, -0.15) is 23.3 Å². The monoisotopic (exact) mass is 257 g/mol. The zero-order valence-corrected chi connectivity index (χ0v) is 9.69. The first-order valence-electron chi connectivity index (χ1n) is 5.23. The molecular formula is C11H10F3N3O. The van der Waals surface area contributed by atoms with E-state index in [4.69, 9.17) is 0 Å². The lowest BCUT2D eigenvalue weighted by atomic mass is 10.1. The first-order chi connectivity index (χ1) is 8.30. The van der Waals surface area contributed by atoms with Crippen LogP contribution in [0.2, 0.25) is 0 Å². The van der Waals surface area contributed by atoms with Gasteiger partial charge in [0.15, 0.2) is 11.5 Å². The van der Waals surface area contributed by atoms with Gasteiger partial charge in [0.25, 0.3) is 5.91 Å². The molecule has 96 valence electrons. The van der Waals surface area contributed by atoms with Crippen molar-refractivity contribution in [2.24, 2.45) is 11.0 Å². The predicted molar refractivity (Wildman–Crippen MR) is 59.1 cm³/mol. The molecule has 0 spiro atoms. The molecule has 1 unspecified atom stereocenters. The number of carbonyl (C=O) groups excluding carboxylic acids is 1. The van der Waals surface area contributed by atoms with Crippen molar-refractivity contribution in [3.63, 3.8) is 0 Å². The summed E-state index contributed by atoms with van der Waals surface area (Å²) in [5.41, 5.74) is -0.299. The first-order valence-corrected chi connectivity index (χ1v) is 5.23. The van der Waals surface area contributed by atoms with Crippen LogP contribution in [0, 0.1) is 12.8 Å². The number of hydrogen-bond donors (Lipinski definition) is 0. The lowest BCUT2D eigenvalue weighted by Crippen LogP contribution is -2.31. The molecule has 0 saturated heterocycles. The average Bonchev–Trinajstić information content (AvgIpc) is 2.55. The summed E-state index contributed by atoms with van der Waals surface area (Å²) in [5.74, 6) is -1.92. The van der Waals surface area contributed by atoms with Crippen molar-refractivity contribution in [3.05, 3.63) is 23.9 Å². The maximum Gasteiger partial charge on any atom is 0.432 e. The largest absolute Gasteiger partial charge is 0.432 e. The Hall–Kier alpha value is -1.92. The van der Waals surface area contributed by atoms with Crippen molar-refractivity contribution < 1.29 is 18.0 Å². The van der Waals surface area contributed by atoms with Gasteiger partial charge in [-0.15, -0.1) is 0 Å². The highest BCUT2D eigenvalue weighted by Gasteiger charge is 2.48. The third kappa shape index (κ3) is 2.07. The number of halogens is 3. The number of pyridine rings is 1. The van der Waals surface area contributed by atoms with Crippen molar-refractivity contribution in [2.45, 2.75) is 20.0 Å². The first kappa shape index (κ1) is 12.5. The molecule has 1 amide bonds. The van der Waals surface area contributed by atoms with Crippen LogP contribution in [0.25, 0.3) is 0 Å². The van der Waals surface area contributed by atoms with E-state index in [2.05, 4.69) is 10.1 Å². The third-order valence-corrected chi connectivity index (χ3v) is 2.61. The summed E-state index contributed by atoms with van der Waals surface area (Å²) in [6.45, 7) is 2.94.